The zero-order valence-corrected chi connectivity index (χ0v) is 8.60. The third-order valence-electron chi connectivity index (χ3n) is 2.04. The Morgan fingerprint density at radius 2 is 2.44 bits per heavy atom. The number of nitrogens with one attached hydrogen (secondary N) is 1. The maximum atomic E-state index is 10.3. The van der Waals surface area contributed by atoms with Crippen LogP contribution in [0.15, 0.2) is 28.9 Å². The molecule has 0 aliphatic carbocycles. The Balaban J connectivity index is 2.33. The molecule has 0 aliphatic rings. The maximum absolute atomic E-state index is 10.3. The van der Waals surface area contributed by atoms with Crippen LogP contribution >= 0.6 is 0 Å². The van der Waals surface area contributed by atoms with E-state index >= 15 is 0 Å². The van der Waals surface area contributed by atoms with Crippen LogP contribution in [-0.4, -0.2) is 21.0 Å². The summed E-state index contributed by atoms with van der Waals surface area (Å²) < 4.78 is 5.22. The Hall–Kier alpha value is -2.30. The van der Waals surface area contributed by atoms with Crippen LogP contribution < -0.4 is 0 Å². The van der Waals surface area contributed by atoms with Crippen LogP contribution in [0.25, 0.3) is 17.5 Å². The molecule has 82 valence electrons. The number of H-pyrrole nitrogens is 1. The second kappa shape index (κ2) is 4.06. The molecular formula is C11H10N2O3. The Morgan fingerprint density at radius 1 is 1.62 bits per heavy atom. The number of furan rings is 1. The van der Waals surface area contributed by atoms with Crippen molar-refractivity contribution in [2.75, 3.05) is 0 Å². The van der Waals surface area contributed by atoms with Crippen LogP contribution in [-0.2, 0) is 4.79 Å². The molecule has 0 spiro atoms. The van der Waals surface area contributed by atoms with E-state index in [0.717, 1.165) is 11.8 Å². The minimum absolute atomic E-state index is 0.492. The van der Waals surface area contributed by atoms with Gasteiger partial charge in [0.2, 0.25) is 0 Å². The summed E-state index contributed by atoms with van der Waals surface area (Å²) in [6.45, 7) is 1.85. The Morgan fingerprint density at radius 3 is 3.06 bits per heavy atom. The van der Waals surface area contributed by atoms with Crippen LogP contribution in [0.3, 0.4) is 0 Å². The van der Waals surface area contributed by atoms with Gasteiger partial charge in [-0.25, -0.2) is 9.78 Å². The van der Waals surface area contributed by atoms with Crippen molar-refractivity contribution in [3.63, 3.8) is 0 Å². The minimum Gasteiger partial charge on any atom is -0.478 e. The van der Waals surface area contributed by atoms with E-state index in [-0.39, 0.29) is 0 Å². The minimum atomic E-state index is -1.01. The molecular weight excluding hydrogens is 208 g/mol. The quantitative estimate of drug-likeness (QED) is 0.773. The molecule has 2 N–H and O–H groups in total. The van der Waals surface area contributed by atoms with E-state index in [1.165, 1.54) is 6.08 Å². The van der Waals surface area contributed by atoms with E-state index in [0.29, 0.717) is 17.3 Å². The van der Waals surface area contributed by atoms with Crippen molar-refractivity contribution < 1.29 is 14.3 Å². The summed E-state index contributed by atoms with van der Waals surface area (Å²) >= 11 is 0. The fourth-order valence-corrected chi connectivity index (χ4v) is 1.37. The van der Waals surface area contributed by atoms with Gasteiger partial charge in [0.25, 0.3) is 0 Å². The predicted molar refractivity (Wildman–Crippen MR) is 57.7 cm³/mol. The molecule has 0 radical (unpaired) electrons. The smallest absolute Gasteiger partial charge is 0.328 e. The molecule has 2 aromatic heterocycles. The van der Waals surface area contributed by atoms with Crippen molar-refractivity contribution in [1.29, 1.82) is 0 Å². The summed E-state index contributed by atoms with van der Waals surface area (Å²) in [5.41, 5.74) is 1.52. The highest BCUT2D eigenvalue weighted by Crippen LogP contribution is 2.21. The van der Waals surface area contributed by atoms with Crippen LogP contribution in [0.4, 0.5) is 0 Å². The number of aromatic amines is 1. The van der Waals surface area contributed by atoms with Gasteiger partial charge in [-0.1, -0.05) is 0 Å². The predicted octanol–water partition coefficient (Wildman–Crippen LogP) is 2.08. The second-order valence-electron chi connectivity index (χ2n) is 3.24. The van der Waals surface area contributed by atoms with Gasteiger partial charge in [-0.3, -0.25) is 0 Å². The topological polar surface area (TPSA) is 79.1 Å². The third kappa shape index (κ3) is 2.03. The van der Waals surface area contributed by atoms with Crippen LogP contribution in [0.2, 0.25) is 0 Å². The Kier molecular flexibility index (Phi) is 2.59. The van der Waals surface area contributed by atoms with Crippen molar-refractivity contribution in [2.24, 2.45) is 0 Å². The molecule has 0 amide bonds. The first-order valence-corrected chi connectivity index (χ1v) is 4.68. The molecule has 0 aliphatic heterocycles. The highest BCUT2D eigenvalue weighted by atomic mass is 16.4. The first-order valence-electron chi connectivity index (χ1n) is 4.68. The first-order chi connectivity index (χ1) is 7.66. The number of aryl methyl sites for hydroxylation is 1. The zero-order chi connectivity index (χ0) is 11.5. The highest BCUT2D eigenvalue weighted by Gasteiger charge is 2.09. The molecule has 2 heterocycles. The molecule has 0 fully saturated rings. The van der Waals surface area contributed by atoms with Crippen LogP contribution in [0.1, 0.15) is 11.5 Å². The average Bonchev–Trinajstić information content (AvgIpc) is 2.83. The molecule has 5 heteroatoms. The SMILES string of the molecule is Cc1[nH]c(/C=C/C(=O)O)nc1-c1ccco1. The number of carbonyl (C=O) groups is 1. The van der Waals surface area contributed by atoms with Gasteiger partial charge in [-0.2, -0.15) is 0 Å². The maximum Gasteiger partial charge on any atom is 0.328 e. The number of hydrogen-bond donors (Lipinski definition) is 2. The molecule has 0 saturated heterocycles. The molecule has 0 aromatic carbocycles. The number of carboxylic acid groups (broad SMARTS) is 1. The lowest BCUT2D eigenvalue weighted by Gasteiger charge is -1.89. The molecule has 0 unspecified atom stereocenters. The number of rotatable bonds is 3. The van der Waals surface area contributed by atoms with Crippen LogP contribution in [0.5, 0.6) is 0 Å². The second-order valence-corrected chi connectivity index (χ2v) is 3.24. The van der Waals surface area contributed by atoms with Gasteiger partial charge in [0, 0.05) is 11.8 Å². The van der Waals surface area contributed by atoms with E-state index in [9.17, 15) is 4.79 Å². The van der Waals surface area contributed by atoms with E-state index in [2.05, 4.69) is 9.97 Å². The van der Waals surface area contributed by atoms with Gasteiger partial charge in [0.1, 0.15) is 11.5 Å². The van der Waals surface area contributed by atoms with Gasteiger partial charge in [-0.05, 0) is 25.1 Å². The molecule has 16 heavy (non-hydrogen) atoms. The van der Waals surface area contributed by atoms with Gasteiger partial charge in [0.05, 0.1) is 6.26 Å². The van der Waals surface area contributed by atoms with Crippen molar-refractivity contribution in [3.05, 3.63) is 36.0 Å². The van der Waals surface area contributed by atoms with Crippen molar-refractivity contribution in [1.82, 2.24) is 9.97 Å². The van der Waals surface area contributed by atoms with Gasteiger partial charge >= 0.3 is 5.97 Å². The largest absolute Gasteiger partial charge is 0.478 e. The summed E-state index contributed by atoms with van der Waals surface area (Å²) in [6, 6.07) is 3.57. The number of aliphatic carboxylic acids is 1. The monoisotopic (exact) mass is 218 g/mol. The first kappa shape index (κ1) is 10.2. The summed E-state index contributed by atoms with van der Waals surface area (Å²) in [4.78, 5) is 17.5. The van der Waals surface area contributed by atoms with Crippen LogP contribution in [0, 0.1) is 6.92 Å². The number of imidazole rings is 1. The van der Waals surface area contributed by atoms with Gasteiger partial charge in [-0.15, -0.1) is 0 Å². The molecule has 5 nitrogen and oxygen atoms in total. The fraction of sp³-hybridized carbons (Fsp3) is 0.0909. The van der Waals surface area contributed by atoms with E-state index in [1.54, 1.807) is 18.4 Å². The molecule has 2 aromatic rings. The van der Waals surface area contributed by atoms with Gasteiger partial charge in [0.15, 0.2) is 5.76 Å². The lowest BCUT2D eigenvalue weighted by atomic mass is 10.3. The van der Waals surface area contributed by atoms with Gasteiger partial charge < -0.3 is 14.5 Å². The number of hydrogen-bond acceptors (Lipinski definition) is 3. The summed E-state index contributed by atoms with van der Waals surface area (Å²) in [6.07, 6.45) is 4.00. The number of carboxylic acids is 1. The normalized spacial score (nSPS) is 11.1. The number of aromatic nitrogens is 2. The molecule has 2 rings (SSSR count). The molecule has 0 atom stereocenters. The summed E-state index contributed by atoms with van der Waals surface area (Å²) in [5.74, 6) is 0.142. The van der Waals surface area contributed by atoms with Crippen molar-refractivity contribution in [2.45, 2.75) is 6.92 Å². The van der Waals surface area contributed by atoms with Crippen molar-refractivity contribution in [3.8, 4) is 11.5 Å². The van der Waals surface area contributed by atoms with E-state index < -0.39 is 5.97 Å². The lowest BCUT2D eigenvalue weighted by Crippen LogP contribution is -1.86. The standard InChI is InChI=1S/C11H10N2O3/c1-7-11(8-3-2-6-16-8)13-9(12-7)4-5-10(14)15/h2-6H,1H3,(H,12,13)(H,14,15)/b5-4+. The Bertz CT molecular complexity index is 523. The third-order valence-corrected chi connectivity index (χ3v) is 2.04. The summed E-state index contributed by atoms with van der Waals surface area (Å²) in [5, 5.41) is 8.49. The fourth-order valence-electron chi connectivity index (χ4n) is 1.37. The lowest BCUT2D eigenvalue weighted by molar-refractivity contribution is -0.131. The molecule has 0 bridgehead atoms. The summed E-state index contributed by atoms with van der Waals surface area (Å²) in [7, 11) is 0. The molecule has 0 saturated carbocycles. The Labute approximate surface area is 91.4 Å². The highest BCUT2D eigenvalue weighted by molar-refractivity contribution is 5.84. The zero-order valence-electron chi connectivity index (χ0n) is 8.60. The van der Waals surface area contributed by atoms with Crippen molar-refractivity contribution >= 4 is 12.0 Å². The van der Waals surface area contributed by atoms with E-state index in [1.807, 2.05) is 6.92 Å². The average molecular weight is 218 g/mol. The number of nitrogens with zero attached hydrogens (tertiary/aromatic N) is 1. The van der Waals surface area contributed by atoms with E-state index in [4.69, 9.17) is 9.52 Å².